The first-order chi connectivity index (χ1) is 12.7. The third kappa shape index (κ3) is 4.91. The van der Waals surface area contributed by atoms with Gasteiger partial charge in [0.2, 0.25) is 0 Å². The third-order valence-corrected chi connectivity index (χ3v) is 4.11. The molecule has 0 heterocycles. The normalized spacial score (nSPS) is 10.6. The number of aromatic carboxylic acids is 1. The van der Waals surface area contributed by atoms with Crippen LogP contribution in [0.15, 0.2) is 84.3 Å². The molecule has 0 unspecified atom stereocenters. The highest BCUT2D eigenvalue weighted by molar-refractivity contribution is 8.03. The SMILES string of the molecule is O=C(O)c1ccc(Oc2ccccc2)cc1NS/C=C/c1ccccc1. The lowest BCUT2D eigenvalue weighted by molar-refractivity contribution is 0.0698. The minimum absolute atomic E-state index is 0.186. The van der Waals surface area contributed by atoms with Crippen LogP contribution in [0.25, 0.3) is 6.08 Å². The van der Waals surface area contributed by atoms with Gasteiger partial charge in [0.05, 0.1) is 11.3 Å². The second-order valence-electron chi connectivity index (χ2n) is 5.36. The summed E-state index contributed by atoms with van der Waals surface area (Å²) >= 11 is 1.30. The van der Waals surface area contributed by atoms with Crippen molar-refractivity contribution in [2.45, 2.75) is 0 Å². The third-order valence-electron chi connectivity index (χ3n) is 3.50. The Morgan fingerprint density at radius 2 is 1.62 bits per heavy atom. The first-order valence-electron chi connectivity index (χ1n) is 7.96. The number of ether oxygens (including phenoxy) is 1. The second kappa shape index (κ2) is 8.78. The lowest BCUT2D eigenvalue weighted by atomic mass is 10.2. The maximum Gasteiger partial charge on any atom is 0.337 e. The van der Waals surface area contributed by atoms with Crippen LogP contribution < -0.4 is 9.46 Å². The van der Waals surface area contributed by atoms with Crippen LogP contribution in [-0.2, 0) is 0 Å². The van der Waals surface area contributed by atoms with E-state index in [2.05, 4.69) is 4.72 Å². The minimum atomic E-state index is -0.994. The monoisotopic (exact) mass is 363 g/mol. The molecule has 4 nitrogen and oxygen atoms in total. The zero-order valence-electron chi connectivity index (χ0n) is 13.8. The van der Waals surface area contributed by atoms with Gasteiger partial charge in [-0.2, -0.15) is 0 Å². The van der Waals surface area contributed by atoms with Gasteiger partial charge in [-0.25, -0.2) is 4.79 Å². The lowest BCUT2D eigenvalue weighted by Gasteiger charge is -2.11. The molecule has 3 rings (SSSR count). The molecule has 0 radical (unpaired) electrons. The van der Waals surface area contributed by atoms with Crippen molar-refractivity contribution in [3.63, 3.8) is 0 Å². The highest BCUT2D eigenvalue weighted by atomic mass is 32.2. The van der Waals surface area contributed by atoms with Crippen molar-refractivity contribution >= 4 is 29.7 Å². The Kier molecular flexibility index (Phi) is 5.96. The van der Waals surface area contributed by atoms with Crippen molar-refractivity contribution in [3.05, 3.63) is 95.4 Å². The van der Waals surface area contributed by atoms with Crippen LogP contribution >= 0.6 is 11.9 Å². The number of hydrogen-bond donors (Lipinski definition) is 2. The molecule has 0 atom stereocenters. The van der Waals surface area contributed by atoms with Crippen LogP contribution in [0, 0.1) is 0 Å². The van der Waals surface area contributed by atoms with E-state index in [1.54, 1.807) is 12.1 Å². The fraction of sp³-hybridized carbons (Fsp3) is 0. The summed E-state index contributed by atoms with van der Waals surface area (Å²) in [7, 11) is 0. The quantitative estimate of drug-likeness (QED) is 0.511. The second-order valence-corrected chi connectivity index (χ2v) is 6.07. The summed E-state index contributed by atoms with van der Waals surface area (Å²) in [4.78, 5) is 11.4. The molecule has 0 amide bonds. The largest absolute Gasteiger partial charge is 0.478 e. The molecule has 0 saturated carbocycles. The molecule has 0 spiro atoms. The Labute approximate surface area is 156 Å². The molecule has 26 heavy (non-hydrogen) atoms. The number of rotatable bonds is 7. The fourth-order valence-corrected chi connectivity index (χ4v) is 2.85. The van der Waals surface area contributed by atoms with Crippen molar-refractivity contribution in [2.75, 3.05) is 4.72 Å². The molecule has 0 bridgehead atoms. The van der Waals surface area contributed by atoms with Crippen LogP contribution in [0.2, 0.25) is 0 Å². The Balaban J connectivity index is 1.72. The predicted octanol–water partition coefficient (Wildman–Crippen LogP) is 5.91. The van der Waals surface area contributed by atoms with E-state index >= 15 is 0 Å². The first-order valence-corrected chi connectivity index (χ1v) is 8.84. The zero-order valence-corrected chi connectivity index (χ0v) is 14.6. The van der Waals surface area contributed by atoms with Crippen molar-refractivity contribution < 1.29 is 14.6 Å². The molecule has 3 aromatic rings. The van der Waals surface area contributed by atoms with Gasteiger partial charge < -0.3 is 14.6 Å². The van der Waals surface area contributed by atoms with Crippen LogP contribution in [0.3, 0.4) is 0 Å². The van der Waals surface area contributed by atoms with Crippen LogP contribution in [0.5, 0.6) is 11.5 Å². The van der Waals surface area contributed by atoms with E-state index in [4.69, 9.17) is 4.74 Å². The zero-order chi connectivity index (χ0) is 18.2. The first kappa shape index (κ1) is 17.6. The van der Waals surface area contributed by atoms with Crippen LogP contribution in [-0.4, -0.2) is 11.1 Å². The van der Waals surface area contributed by atoms with E-state index in [1.165, 1.54) is 18.0 Å². The predicted molar refractivity (Wildman–Crippen MR) is 107 cm³/mol. The molecular formula is C21H17NO3S. The number of benzene rings is 3. The Morgan fingerprint density at radius 1 is 0.923 bits per heavy atom. The van der Waals surface area contributed by atoms with E-state index in [1.807, 2.05) is 72.1 Å². The molecular weight excluding hydrogens is 346 g/mol. The van der Waals surface area contributed by atoms with Gasteiger partial charge in [-0.15, -0.1) is 0 Å². The van der Waals surface area contributed by atoms with Gasteiger partial charge >= 0.3 is 5.97 Å². The van der Waals surface area contributed by atoms with Crippen molar-refractivity contribution in [2.24, 2.45) is 0 Å². The van der Waals surface area contributed by atoms with Crippen molar-refractivity contribution in [3.8, 4) is 11.5 Å². The highest BCUT2D eigenvalue weighted by Gasteiger charge is 2.11. The Bertz CT molecular complexity index is 896. The number of anilines is 1. The molecule has 0 aliphatic heterocycles. The number of nitrogens with one attached hydrogen (secondary N) is 1. The van der Waals surface area contributed by atoms with Gasteiger partial charge in [-0.1, -0.05) is 48.5 Å². The summed E-state index contributed by atoms with van der Waals surface area (Å²) in [6.07, 6.45) is 1.95. The van der Waals surface area contributed by atoms with Crippen LogP contribution in [0.1, 0.15) is 15.9 Å². The number of carboxylic acid groups (broad SMARTS) is 1. The lowest BCUT2D eigenvalue weighted by Crippen LogP contribution is -2.01. The topological polar surface area (TPSA) is 58.6 Å². The minimum Gasteiger partial charge on any atom is -0.478 e. The molecule has 3 aromatic carbocycles. The molecule has 0 saturated heterocycles. The summed E-state index contributed by atoms with van der Waals surface area (Å²) in [5, 5.41) is 11.2. The summed E-state index contributed by atoms with van der Waals surface area (Å²) < 4.78 is 8.83. The van der Waals surface area contributed by atoms with Crippen molar-refractivity contribution in [1.82, 2.24) is 0 Å². The standard InChI is InChI=1S/C21H17NO3S/c23-21(24)19-12-11-18(25-17-9-5-2-6-10-17)15-20(19)22-26-14-13-16-7-3-1-4-8-16/h1-15,22H,(H,23,24)/b14-13+. The van der Waals surface area contributed by atoms with Gasteiger partial charge in [0, 0.05) is 6.07 Å². The summed E-state index contributed by atoms with van der Waals surface area (Å²) in [6.45, 7) is 0. The maximum atomic E-state index is 11.4. The average Bonchev–Trinajstić information content (AvgIpc) is 2.67. The molecule has 130 valence electrons. The van der Waals surface area contributed by atoms with E-state index in [0.717, 1.165) is 5.56 Å². The molecule has 0 aliphatic rings. The van der Waals surface area contributed by atoms with Gasteiger partial charge in [-0.05, 0) is 53.3 Å². The van der Waals surface area contributed by atoms with Gasteiger partial charge in [0.25, 0.3) is 0 Å². The summed E-state index contributed by atoms with van der Waals surface area (Å²) in [6, 6.07) is 24.1. The molecule has 0 fully saturated rings. The highest BCUT2D eigenvalue weighted by Crippen LogP contribution is 2.28. The number of carbonyl (C=O) groups is 1. The molecule has 2 N–H and O–H groups in total. The Hall–Kier alpha value is -3.18. The molecule has 5 heteroatoms. The smallest absolute Gasteiger partial charge is 0.337 e. The number of hydrogen-bond acceptors (Lipinski definition) is 4. The van der Waals surface area contributed by atoms with Gasteiger partial charge in [0.15, 0.2) is 0 Å². The van der Waals surface area contributed by atoms with Crippen molar-refractivity contribution in [1.29, 1.82) is 0 Å². The molecule has 0 aromatic heterocycles. The van der Waals surface area contributed by atoms with E-state index in [-0.39, 0.29) is 5.56 Å². The Morgan fingerprint density at radius 3 is 2.31 bits per heavy atom. The average molecular weight is 363 g/mol. The number of para-hydroxylation sites is 1. The number of carboxylic acids is 1. The molecule has 0 aliphatic carbocycles. The maximum absolute atomic E-state index is 11.4. The summed E-state index contributed by atoms with van der Waals surface area (Å²) in [5.74, 6) is 0.265. The van der Waals surface area contributed by atoms with Gasteiger partial charge in [-0.3, -0.25) is 0 Å². The van der Waals surface area contributed by atoms with Crippen LogP contribution in [0.4, 0.5) is 5.69 Å². The van der Waals surface area contributed by atoms with E-state index < -0.39 is 5.97 Å². The van der Waals surface area contributed by atoms with E-state index in [0.29, 0.717) is 17.2 Å². The van der Waals surface area contributed by atoms with E-state index in [9.17, 15) is 9.90 Å². The fourth-order valence-electron chi connectivity index (χ4n) is 2.26. The summed E-state index contributed by atoms with van der Waals surface area (Å²) in [5.41, 5.74) is 1.74. The van der Waals surface area contributed by atoms with Gasteiger partial charge in [0.1, 0.15) is 11.5 Å².